The van der Waals surface area contributed by atoms with Gasteiger partial charge in [-0.15, -0.1) is 0 Å². The lowest BCUT2D eigenvalue weighted by Crippen LogP contribution is -2.48. The first kappa shape index (κ1) is 12.2. The molecule has 0 radical (unpaired) electrons. The Bertz CT molecular complexity index is 447. The first-order valence-electron chi connectivity index (χ1n) is 5.73. The van der Waals surface area contributed by atoms with E-state index in [-0.39, 0.29) is 11.9 Å². The molecule has 17 heavy (non-hydrogen) atoms. The maximum Gasteiger partial charge on any atom is 0.246 e. The van der Waals surface area contributed by atoms with Crippen molar-refractivity contribution in [3.8, 4) is 0 Å². The molecule has 4 nitrogen and oxygen atoms in total. The van der Waals surface area contributed by atoms with E-state index < -0.39 is 0 Å². The number of nitrogens with zero attached hydrogens (tertiary/aromatic N) is 2. The highest BCUT2D eigenvalue weighted by molar-refractivity contribution is 6.29. The Labute approximate surface area is 106 Å². The Hall–Kier alpha value is -1.29. The van der Waals surface area contributed by atoms with Crippen LogP contribution in [-0.2, 0) is 4.79 Å². The van der Waals surface area contributed by atoms with Crippen LogP contribution in [0, 0.1) is 5.92 Å². The molecule has 0 bridgehead atoms. The molecule has 0 aromatic carbocycles. The summed E-state index contributed by atoms with van der Waals surface area (Å²) in [5.74, 6) is 1.22. The van der Waals surface area contributed by atoms with Gasteiger partial charge in [0.05, 0.1) is 5.69 Å². The summed E-state index contributed by atoms with van der Waals surface area (Å²) in [5.41, 5.74) is 0.734. The van der Waals surface area contributed by atoms with Crippen LogP contribution in [0.25, 0.3) is 0 Å². The van der Waals surface area contributed by atoms with Crippen molar-refractivity contribution < 1.29 is 4.79 Å². The Kier molecular flexibility index (Phi) is 3.24. The van der Waals surface area contributed by atoms with Gasteiger partial charge in [0.2, 0.25) is 5.91 Å². The molecule has 1 aromatic heterocycles. The van der Waals surface area contributed by atoms with Crippen LogP contribution < -0.4 is 10.2 Å². The van der Waals surface area contributed by atoms with Gasteiger partial charge in [-0.2, -0.15) is 0 Å². The summed E-state index contributed by atoms with van der Waals surface area (Å²) in [4.78, 5) is 18.1. The van der Waals surface area contributed by atoms with Crippen LogP contribution in [0.15, 0.2) is 12.1 Å². The van der Waals surface area contributed by atoms with Crippen molar-refractivity contribution in [2.24, 2.45) is 5.92 Å². The van der Waals surface area contributed by atoms with Crippen LogP contribution >= 0.6 is 11.6 Å². The zero-order valence-electron chi connectivity index (χ0n) is 10.2. The van der Waals surface area contributed by atoms with Crippen molar-refractivity contribution in [1.29, 1.82) is 0 Å². The van der Waals surface area contributed by atoms with Crippen LogP contribution in [0.3, 0.4) is 0 Å². The van der Waals surface area contributed by atoms with Crippen LogP contribution in [0.5, 0.6) is 0 Å². The number of carbonyl (C=O) groups excluding carboxylic acids is 1. The van der Waals surface area contributed by atoms with E-state index in [1.165, 1.54) is 0 Å². The molecule has 92 valence electrons. The van der Waals surface area contributed by atoms with Gasteiger partial charge >= 0.3 is 0 Å². The molecular formula is C12H16ClN3O. The third kappa shape index (κ3) is 2.36. The molecule has 0 aliphatic carbocycles. The molecule has 0 saturated carbocycles. The maximum atomic E-state index is 11.8. The van der Waals surface area contributed by atoms with Gasteiger partial charge < -0.3 is 10.2 Å². The number of hydrogen-bond acceptors (Lipinski definition) is 3. The summed E-state index contributed by atoms with van der Waals surface area (Å²) >= 11 is 5.91. The van der Waals surface area contributed by atoms with Gasteiger partial charge in [-0.1, -0.05) is 25.4 Å². The van der Waals surface area contributed by atoms with Crippen LogP contribution in [-0.4, -0.2) is 23.5 Å². The molecule has 1 aromatic rings. The SMILES string of the molecule is CC(C)CN1c2nc(Cl)ccc2NC(=O)C1C. The zero-order chi connectivity index (χ0) is 12.6. The average Bonchev–Trinajstić information content (AvgIpc) is 2.25. The van der Waals surface area contributed by atoms with Gasteiger partial charge in [0.1, 0.15) is 11.2 Å². The third-order valence-electron chi connectivity index (χ3n) is 2.78. The number of hydrogen-bond donors (Lipinski definition) is 1. The van der Waals surface area contributed by atoms with Crippen LogP contribution in [0.4, 0.5) is 11.5 Å². The first-order valence-corrected chi connectivity index (χ1v) is 6.11. The number of amides is 1. The number of halogens is 1. The highest BCUT2D eigenvalue weighted by Crippen LogP contribution is 2.31. The first-order chi connectivity index (χ1) is 7.99. The summed E-state index contributed by atoms with van der Waals surface area (Å²) in [6, 6.07) is 3.27. The van der Waals surface area contributed by atoms with Crippen molar-refractivity contribution in [3.05, 3.63) is 17.3 Å². The Balaban J connectivity index is 2.43. The lowest BCUT2D eigenvalue weighted by Gasteiger charge is -2.36. The fourth-order valence-corrected chi connectivity index (χ4v) is 2.08. The van der Waals surface area contributed by atoms with Gasteiger partial charge in [-0.3, -0.25) is 4.79 Å². The predicted molar refractivity (Wildman–Crippen MR) is 69.5 cm³/mol. The third-order valence-corrected chi connectivity index (χ3v) is 2.99. The normalized spacial score (nSPS) is 19.2. The molecular weight excluding hydrogens is 238 g/mol. The minimum atomic E-state index is -0.212. The number of fused-ring (bicyclic) bond motifs is 1. The fourth-order valence-electron chi connectivity index (χ4n) is 1.94. The quantitative estimate of drug-likeness (QED) is 0.824. The molecule has 1 aliphatic rings. The minimum Gasteiger partial charge on any atom is -0.343 e. The standard InChI is InChI=1S/C12H16ClN3O/c1-7(2)6-16-8(3)12(17)14-9-4-5-10(13)15-11(9)16/h4-5,7-8H,6H2,1-3H3,(H,14,17). The van der Waals surface area contributed by atoms with Crippen LogP contribution in [0.2, 0.25) is 5.15 Å². The molecule has 0 spiro atoms. The molecule has 1 atom stereocenters. The second-order valence-corrected chi connectivity index (χ2v) is 5.10. The summed E-state index contributed by atoms with van der Waals surface area (Å²) in [6.07, 6.45) is 0. The van der Waals surface area contributed by atoms with E-state index in [2.05, 4.69) is 24.1 Å². The van der Waals surface area contributed by atoms with E-state index in [0.29, 0.717) is 11.1 Å². The lowest BCUT2D eigenvalue weighted by atomic mass is 10.1. The van der Waals surface area contributed by atoms with Crippen molar-refractivity contribution >= 4 is 29.0 Å². The maximum absolute atomic E-state index is 11.8. The summed E-state index contributed by atoms with van der Waals surface area (Å²) in [6.45, 7) is 6.89. The molecule has 0 fully saturated rings. The number of carbonyl (C=O) groups is 1. The Morgan fingerprint density at radius 3 is 2.88 bits per heavy atom. The zero-order valence-corrected chi connectivity index (χ0v) is 11.0. The second kappa shape index (κ2) is 4.53. The van der Waals surface area contributed by atoms with E-state index in [1.54, 1.807) is 12.1 Å². The summed E-state index contributed by atoms with van der Waals surface area (Å²) < 4.78 is 0. The van der Waals surface area contributed by atoms with Crippen molar-refractivity contribution in [2.45, 2.75) is 26.8 Å². The fraction of sp³-hybridized carbons (Fsp3) is 0.500. The van der Waals surface area contributed by atoms with E-state index in [4.69, 9.17) is 11.6 Å². The van der Waals surface area contributed by atoms with Crippen LogP contribution in [0.1, 0.15) is 20.8 Å². The van der Waals surface area contributed by atoms with Gasteiger partial charge in [-0.05, 0) is 25.0 Å². The highest BCUT2D eigenvalue weighted by Gasteiger charge is 2.30. The molecule has 1 N–H and O–H groups in total. The molecule has 1 amide bonds. The topological polar surface area (TPSA) is 45.2 Å². The van der Waals surface area contributed by atoms with Gasteiger partial charge in [0.15, 0.2) is 5.82 Å². The Morgan fingerprint density at radius 2 is 2.24 bits per heavy atom. The monoisotopic (exact) mass is 253 g/mol. The average molecular weight is 254 g/mol. The molecule has 5 heteroatoms. The Morgan fingerprint density at radius 1 is 1.53 bits per heavy atom. The molecule has 1 unspecified atom stereocenters. The number of anilines is 2. The summed E-state index contributed by atoms with van der Waals surface area (Å²) in [7, 11) is 0. The smallest absolute Gasteiger partial charge is 0.246 e. The second-order valence-electron chi connectivity index (χ2n) is 4.72. The molecule has 2 heterocycles. The number of aromatic nitrogens is 1. The molecule has 2 rings (SSSR count). The van der Waals surface area contributed by atoms with E-state index in [1.807, 2.05) is 11.8 Å². The van der Waals surface area contributed by atoms with Crippen molar-refractivity contribution in [2.75, 3.05) is 16.8 Å². The van der Waals surface area contributed by atoms with E-state index in [9.17, 15) is 4.79 Å². The predicted octanol–water partition coefficient (Wildman–Crippen LogP) is 2.54. The minimum absolute atomic E-state index is 0.00210. The molecule has 0 saturated heterocycles. The van der Waals surface area contributed by atoms with Gasteiger partial charge in [0, 0.05) is 6.54 Å². The van der Waals surface area contributed by atoms with Gasteiger partial charge in [-0.25, -0.2) is 4.98 Å². The number of nitrogens with one attached hydrogen (secondary N) is 1. The highest BCUT2D eigenvalue weighted by atomic mass is 35.5. The molecule has 1 aliphatic heterocycles. The number of rotatable bonds is 2. The van der Waals surface area contributed by atoms with Crippen molar-refractivity contribution in [3.63, 3.8) is 0 Å². The summed E-state index contributed by atoms with van der Waals surface area (Å²) in [5, 5.41) is 3.28. The van der Waals surface area contributed by atoms with Gasteiger partial charge in [0.25, 0.3) is 0 Å². The van der Waals surface area contributed by atoms with Crippen molar-refractivity contribution in [1.82, 2.24) is 4.98 Å². The number of pyridine rings is 1. The van der Waals surface area contributed by atoms with E-state index in [0.717, 1.165) is 18.1 Å². The lowest BCUT2D eigenvalue weighted by molar-refractivity contribution is -0.117. The largest absolute Gasteiger partial charge is 0.343 e. The van der Waals surface area contributed by atoms with E-state index >= 15 is 0 Å².